The Labute approximate surface area is 111 Å². The van der Waals surface area contributed by atoms with E-state index in [1.165, 1.54) is 12.8 Å². The Morgan fingerprint density at radius 1 is 1.44 bits per heavy atom. The molecule has 2 aliphatic rings. The third-order valence-electron chi connectivity index (χ3n) is 5.45. The Kier molecular flexibility index (Phi) is 3.61. The van der Waals surface area contributed by atoms with E-state index in [1.807, 2.05) is 13.8 Å². The largest absolute Gasteiger partial charge is 0.390 e. The molecule has 0 spiro atoms. The first-order valence-corrected chi connectivity index (χ1v) is 7.49. The van der Waals surface area contributed by atoms with Crippen LogP contribution in [0.5, 0.6) is 0 Å². The zero-order valence-corrected chi connectivity index (χ0v) is 12.3. The van der Waals surface area contributed by atoms with Crippen LogP contribution in [-0.4, -0.2) is 16.5 Å². The van der Waals surface area contributed by atoms with Gasteiger partial charge in [0.25, 0.3) is 0 Å². The van der Waals surface area contributed by atoms with Gasteiger partial charge in [0.15, 0.2) is 0 Å². The first kappa shape index (κ1) is 14.0. The zero-order valence-electron chi connectivity index (χ0n) is 12.3. The quantitative estimate of drug-likeness (QED) is 0.833. The first-order valence-electron chi connectivity index (χ1n) is 7.49. The zero-order chi connectivity index (χ0) is 13.6. The Morgan fingerprint density at radius 2 is 2.11 bits per heavy atom. The summed E-state index contributed by atoms with van der Waals surface area (Å²) in [5, 5.41) is 10.0. The van der Waals surface area contributed by atoms with E-state index in [0.717, 1.165) is 25.7 Å². The number of hydrogen-bond donors (Lipinski definition) is 1. The number of Topliss-reactive ketones (excluding diaryl/α,β-unsaturated/α-hetero) is 1. The summed E-state index contributed by atoms with van der Waals surface area (Å²) in [6.07, 6.45) is 6.16. The van der Waals surface area contributed by atoms with Crippen molar-refractivity contribution < 1.29 is 9.90 Å². The van der Waals surface area contributed by atoms with Crippen LogP contribution < -0.4 is 0 Å². The summed E-state index contributed by atoms with van der Waals surface area (Å²) in [6, 6.07) is 0. The summed E-state index contributed by atoms with van der Waals surface area (Å²) in [5.41, 5.74) is -0.382. The summed E-state index contributed by atoms with van der Waals surface area (Å²) in [7, 11) is 0. The number of aliphatic hydroxyl groups is 1. The SMILES string of the molecule is C[C@H](CC(C)(C)O)[C@H]1CC[C@H]2C(=O)CCC[C@]12C. The number of carbonyl (C=O) groups excluding carboxylic acids is 1. The highest BCUT2D eigenvalue weighted by molar-refractivity contribution is 5.83. The molecule has 2 saturated carbocycles. The molecule has 2 heteroatoms. The highest BCUT2D eigenvalue weighted by atomic mass is 16.3. The second-order valence-corrected chi connectivity index (χ2v) is 7.56. The maximum atomic E-state index is 12.1. The number of carbonyl (C=O) groups is 1. The molecule has 0 bridgehead atoms. The van der Waals surface area contributed by atoms with Crippen LogP contribution in [-0.2, 0) is 4.79 Å². The molecule has 4 atom stereocenters. The standard InChI is InChI=1S/C16H28O2/c1-11(10-15(2,3)18)12-7-8-13-14(17)6-5-9-16(12,13)4/h11-13,18H,5-10H2,1-4H3/t11-,12-,13+,16-/m1/s1. The maximum absolute atomic E-state index is 12.1. The average molecular weight is 252 g/mol. The van der Waals surface area contributed by atoms with Crippen LogP contribution >= 0.6 is 0 Å². The molecule has 2 rings (SSSR count). The molecule has 18 heavy (non-hydrogen) atoms. The van der Waals surface area contributed by atoms with E-state index in [1.54, 1.807) is 0 Å². The van der Waals surface area contributed by atoms with Crippen molar-refractivity contribution in [3.05, 3.63) is 0 Å². The molecule has 2 nitrogen and oxygen atoms in total. The maximum Gasteiger partial charge on any atom is 0.136 e. The summed E-state index contributed by atoms with van der Waals surface area (Å²) in [6.45, 7) is 8.37. The molecule has 104 valence electrons. The lowest BCUT2D eigenvalue weighted by atomic mass is 9.61. The van der Waals surface area contributed by atoms with E-state index in [-0.39, 0.29) is 5.41 Å². The van der Waals surface area contributed by atoms with Crippen molar-refractivity contribution >= 4 is 5.78 Å². The minimum Gasteiger partial charge on any atom is -0.390 e. The summed E-state index contributed by atoms with van der Waals surface area (Å²) < 4.78 is 0. The molecule has 0 amide bonds. The number of fused-ring (bicyclic) bond motifs is 1. The van der Waals surface area contributed by atoms with Gasteiger partial charge in [-0.2, -0.15) is 0 Å². The van der Waals surface area contributed by atoms with Gasteiger partial charge in [0.05, 0.1) is 5.60 Å². The topological polar surface area (TPSA) is 37.3 Å². The molecule has 0 aromatic carbocycles. The van der Waals surface area contributed by atoms with E-state index in [2.05, 4.69) is 13.8 Å². The fraction of sp³-hybridized carbons (Fsp3) is 0.938. The van der Waals surface area contributed by atoms with Gasteiger partial charge in [0, 0.05) is 12.3 Å². The molecule has 2 fully saturated rings. The monoisotopic (exact) mass is 252 g/mol. The highest BCUT2D eigenvalue weighted by Crippen LogP contribution is 2.57. The van der Waals surface area contributed by atoms with Crippen LogP contribution in [0.1, 0.15) is 66.2 Å². The van der Waals surface area contributed by atoms with Crippen molar-refractivity contribution in [1.82, 2.24) is 0 Å². The van der Waals surface area contributed by atoms with Gasteiger partial charge in [-0.3, -0.25) is 4.79 Å². The number of rotatable bonds is 3. The highest BCUT2D eigenvalue weighted by Gasteiger charge is 2.52. The Balaban J connectivity index is 2.13. The van der Waals surface area contributed by atoms with Crippen molar-refractivity contribution in [2.24, 2.45) is 23.2 Å². The minimum absolute atomic E-state index is 0.208. The van der Waals surface area contributed by atoms with E-state index in [0.29, 0.717) is 23.5 Å². The van der Waals surface area contributed by atoms with E-state index >= 15 is 0 Å². The molecule has 2 aliphatic carbocycles. The predicted molar refractivity (Wildman–Crippen MR) is 73.3 cm³/mol. The molecule has 0 heterocycles. The molecule has 0 aliphatic heterocycles. The van der Waals surface area contributed by atoms with E-state index in [9.17, 15) is 9.90 Å². The normalized spacial score (nSPS) is 38.6. The van der Waals surface area contributed by atoms with E-state index < -0.39 is 5.60 Å². The molecule has 0 unspecified atom stereocenters. The van der Waals surface area contributed by atoms with Crippen LogP contribution in [0.4, 0.5) is 0 Å². The average Bonchev–Trinajstić information content (AvgIpc) is 2.54. The smallest absolute Gasteiger partial charge is 0.136 e. The summed E-state index contributed by atoms with van der Waals surface area (Å²) in [5.74, 6) is 1.92. The Hall–Kier alpha value is -0.370. The van der Waals surface area contributed by atoms with Crippen molar-refractivity contribution in [1.29, 1.82) is 0 Å². The van der Waals surface area contributed by atoms with Crippen LogP contribution in [0, 0.1) is 23.2 Å². The first-order chi connectivity index (χ1) is 8.24. The van der Waals surface area contributed by atoms with Gasteiger partial charge < -0.3 is 5.11 Å². The lowest BCUT2D eigenvalue weighted by Gasteiger charge is -2.43. The van der Waals surface area contributed by atoms with E-state index in [4.69, 9.17) is 0 Å². The molecule has 0 saturated heterocycles. The minimum atomic E-state index is -0.591. The second-order valence-electron chi connectivity index (χ2n) is 7.56. The van der Waals surface area contributed by atoms with Gasteiger partial charge in [0.2, 0.25) is 0 Å². The predicted octanol–water partition coefficient (Wildman–Crippen LogP) is 3.57. The van der Waals surface area contributed by atoms with Crippen molar-refractivity contribution in [3.8, 4) is 0 Å². The fourth-order valence-corrected chi connectivity index (χ4v) is 4.83. The summed E-state index contributed by atoms with van der Waals surface area (Å²) >= 11 is 0. The molecule has 1 N–H and O–H groups in total. The van der Waals surface area contributed by atoms with Crippen molar-refractivity contribution in [2.45, 2.75) is 71.8 Å². The van der Waals surface area contributed by atoms with Gasteiger partial charge in [-0.25, -0.2) is 0 Å². The molecular formula is C16H28O2. The number of ketones is 1. The third kappa shape index (κ3) is 2.49. The lowest BCUT2D eigenvalue weighted by Crippen LogP contribution is -2.40. The summed E-state index contributed by atoms with van der Waals surface area (Å²) in [4.78, 5) is 12.1. The third-order valence-corrected chi connectivity index (χ3v) is 5.45. The van der Waals surface area contributed by atoms with Crippen LogP contribution in [0.3, 0.4) is 0 Å². The van der Waals surface area contributed by atoms with Crippen LogP contribution in [0.2, 0.25) is 0 Å². The van der Waals surface area contributed by atoms with Gasteiger partial charge >= 0.3 is 0 Å². The molecular weight excluding hydrogens is 224 g/mol. The number of hydrogen-bond acceptors (Lipinski definition) is 2. The van der Waals surface area contributed by atoms with Gasteiger partial charge in [-0.05, 0) is 63.2 Å². The van der Waals surface area contributed by atoms with Gasteiger partial charge in [0.1, 0.15) is 5.78 Å². The van der Waals surface area contributed by atoms with Gasteiger partial charge in [-0.15, -0.1) is 0 Å². The van der Waals surface area contributed by atoms with Crippen LogP contribution in [0.15, 0.2) is 0 Å². The second kappa shape index (κ2) is 4.63. The van der Waals surface area contributed by atoms with Crippen molar-refractivity contribution in [3.63, 3.8) is 0 Å². The van der Waals surface area contributed by atoms with Crippen LogP contribution in [0.25, 0.3) is 0 Å². The molecule has 0 aromatic rings. The molecule has 0 radical (unpaired) electrons. The van der Waals surface area contributed by atoms with Crippen molar-refractivity contribution in [2.75, 3.05) is 0 Å². The molecule has 0 aromatic heterocycles. The Bertz CT molecular complexity index is 328. The lowest BCUT2D eigenvalue weighted by molar-refractivity contribution is -0.130. The fourth-order valence-electron chi connectivity index (χ4n) is 4.83. The van der Waals surface area contributed by atoms with Gasteiger partial charge in [-0.1, -0.05) is 13.8 Å². The Morgan fingerprint density at radius 3 is 2.72 bits per heavy atom.